The van der Waals surface area contributed by atoms with Crippen LogP contribution in [0.2, 0.25) is 0 Å². The molecule has 43 heavy (non-hydrogen) atoms. The molecule has 4 atom stereocenters. The minimum Gasteiger partial charge on any atom is -0.458 e. The minimum atomic E-state index is -0.987. The Morgan fingerprint density at radius 2 is 1.49 bits per heavy atom. The Balaban J connectivity index is 0. The summed E-state index contributed by atoms with van der Waals surface area (Å²) >= 11 is 0. The second-order valence-electron chi connectivity index (χ2n) is 12.7. The molecule has 250 valence electrons. The van der Waals surface area contributed by atoms with Crippen LogP contribution in [0.4, 0.5) is 4.79 Å². The zero-order chi connectivity index (χ0) is 34.1. The molecule has 5 N–H and O–H groups in total. The van der Waals surface area contributed by atoms with Gasteiger partial charge in [-0.2, -0.15) is 0 Å². The van der Waals surface area contributed by atoms with Gasteiger partial charge < -0.3 is 31.2 Å². The number of carbonyl (C=O) groups is 6. The predicted octanol–water partition coefficient (Wildman–Crippen LogP) is 2.96. The molecule has 1 saturated heterocycles. The molecular formula is C31H59N5O7. The zero-order valence-corrected chi connectivity index (χ0v) is 28.5. The van der Waals surface area contributed by atoms with Crippen molar-refractivity contribution in [1.29, 1.82) is 0 Å². The molecule has 1 fully saturated rings. The van der Waals surface area contributed by atoms with Crippen molar-refractivity contribution >= 4 is 35.9 Å². The Labute approximate surface area is 259 Å². The van der Waals surface area contributed by atoms with Crippen molar-refractivity contribution in [3.63, 3.8) is 0 Å². The van der Waals surface area contributed by atoms with Gasteiger partial charge in [-0.3, -0.25) is 19.3 Å². The highest BCUT2D eigenvalue weighted by Crippen LogP contribution is 2.16. The highest BCUT2D eigenvalue weighted by atomic mass is 16.6. The number of esters is 1. The molecule has 0 aliphatic carbocycles. The van der Waals surface area contributed by atoms with Crippen molar-refractivity contribution in [3.8, 4) is 0 Å². The number of likely N-dealkylation sites (tertiary alicyclic amines) is 1. The van der Waals surface area contributed by atoms with Gasteiger partial charge in [-0.1, -0.05) is 55.4 Å². The molecule has 0 bridgehead atoms. The van der Waals surface area contributed by atoms with Gasteiger partial charge in [0.05, 0.1) is 18.1 Å². The molecule has 0 aromatic rings. The number of hydrogen-bond donors (Lipinski definition) is 4. The summed E-state index contributed by atoms with van der Waals surface area (Å²) in [5.41, 5.74) is 4.43. The third-order valence-corrected chi connectivity index (χ3v) is 6.51. The molecule has 12 nitrogen and oxygen atoms in total. The van der Waals surface area contributed by atoms with E-state index < -0.39 is 47.4 Å². The predicted molar refractivity (Wildman–Crippen MR) is 168 cm³/mol. The number of Topliss-reactive ketones (excluding diaryl/α,β-unsaturated/α-hetero) is 1. The van der Waals surface area contributed by atoms with Crippen LogP contribution in [0.15, 0.2) is 0 Å². The van der Waals surface area contributed by atoms with E-state index in [1.807, 2.05) is 67.3 Å². The van der Waals surface area contributed by atoms with E-state index in [2.05, 4.69) is 16.0 Å². The number of ketones is 1. The quantitative estimate of drug-likeness (QED) is 0.139. The Hall–Kier alpha value is -3.02. The van der Waals surface area contributed by atoms with E-state index >= 15 is 0 Å². The number of primary amides is 1. The largest absolute Gasteiger partial charge is 0.458 e. The molecule has 4 unspecified atom stereocenters. The summed E-state index contributed by atoms with van der Waals surface area (Å²) in [4.78, 5) is 71.9. The van der Waals surface area contributed by atoms with Crippen LogP contribution >= 0.6 is 0 Å². The molecule has 1 aliphatic heterocycles. The lowest BCUT2D eigenvalue weighted by molar-refractivity contribution is -0.158. The van der Waals surface area contributed by atoms with E-state index in [1.54, 1.807) is 20.8 Å². The number of nitrogens with two attached hydrogens (primary N) is 1. The number of ether oxygens (including phenoxy) is 1. The number of nitrogens with one attached hydrogen (secondary N) is 3. The van der Waals surface area contributed by atoms with Gasteiger partial charge in [-0.05, 0) is 77.8 Å². The van der Waals surface area contributed by atoms with Crippen molar-refractivity contribution in [1.82, 2.24) is 20.9 Å². The SMILES string of the molecule is CC.CC(C)C(C=O)NC(=O)NC(C(=O)OC(C)(C)C)C(C)C.CC(C)CCC(NC(=O)C1CCCN1C)C(=O)C(N)=O. The highest BCUT2D eigenvalue weighted by molar-refractivity contribution is 6.37. The van der Waals surface area contributed by atoms with Gasteiger partial charge in [-0.15, -0.1) is 0 Å². The number of rotatable bonds is 13. The molecule has 0 radical (unpaired) electrons. The van der Waals surface area contributed by atoms with Gasteiger partial charge in [0.15, 0.2) is 0 Å². The number of hydrogen-bond acceptors (Lipinski definition) is 8. The molecule has 1 heterocycles. The fourth-order valence-electron chi connectivity index (χ4n) is 4.01. The summed E-state index contributed by atoms with van der Waals surface area (Å²) in [6, 6.07) is -2.90. The number of urea groups is 1. The van der Waals surface area contributed by atoms with Crippen molar-refractivity contribution in [2.45, 2.75) is 132 Å². The lowest BCUT2D eigenvalue weighted by Crippen LogP contribution is -2.53. The summed E-state index contributed by atoms with van der Waals surface area (Å²) < 4.78 is 5.29. The van der Waals surface area contributed by atoms with Crippen LogP contribution in [-0.2, 0) is 28.7 Å². The average molecular weight is 614 g/mol. The lowest BCUT2D eigenvalue weighted by Gasteiger charge is -2.27. The van der Waals surface area contributed by atoms with Gasteiger partial charge in [0, 0.05) is 0 Å². The minimum absolute atomic E-state index is 0.0210. The molecule has 0 aromatic heterocycles. The van der Waals surface area contributed by atoms with Crippen LogP contribution in [0, 0.1) is 17.8 Å². The Bertz CT molecular complexity index is 899. The molecule has 1 aliphatic rings. The Kier molecular flexibility index (Phi) is 20.4. The summed E-state index contributed by atoms with van der Waals surface area (Å²) in [7, 11) is 1.89. The molecule has 4 amide bonds. The van der Waals surface area contributed by atoms with Crippen LogP contribution in [0.3, 0.4) is 0 Å². The van der Waals surface area contributed by atoms with E-state index in [0.717, 1.165) is 25.8 Å². The van der Waals surface area contributed by atoms with Gasteiger partial charge in [0.1, 0.15) is 17.9 Å². The molecular weight excluding hydrogens is 554 g/mol. The number of aldehydes is 1. The van der Waals surface area contributed by atoms with E-state index in [9.17, 15) is 28.8 Å². The van der Waals surface area contributed by atoms with Crippen molar-refractivity contribution in [2.75, 3.05) is 13.6 Å². The van der Waals surface area contributed by atoms with Crippen molar-refractivity contribution in [3.05, 3.63) is 0 Å². The molecule has 12 heteroatoms. The van der Waals surface area contributed by atoms with E-state index in [-0.39, 0.29) is 23.8 Å². The van der Waals surface area contributed by atoms with E-state index in [1.165, 1.54) is 0 Å². The maximum atomic E-state index is 12.2. The number of likely N-dealkylation sites (N-methyl/N-ethyl adjacent to an activating group) is 1. The summed E-state index contributed by atoms with van der Waals surface area (Å²) in [6.07, 6.45) is 3.63. The maximum Gasteiger partial charge on any atom is 0.329 e. The zero-order valence-electron chi connectivity index (χ0n) is 28.5. The summed E-state index contributed by atoms with van der Waals surface area (Å²) in [5.74, 6) is -2.12. The number of nitrogens with zero attached hydrogens (tertiary/aromatic N) is 1. The van der Waals surface area contributed by atoms with E-state index in [4.69, 9.17) is 10.5 Å². The first-order valence-corrected chi connectivity index (χ1v) is 15.4. The topological polar surface area (TPSA) is 177 Å². The molecule has 1 rings (SSSR count). The van der Waals surface area contributed by atoms with Crippen LogP contribution in [0.1, 0.15) is 102 Å². The Morgan fingerprint density at radius 1 is 0.930 bits per heavy atom. The Morgan fingerprint density at radius 3 is 1.86 bits per heavy atom. The van der Waals surface area contributed by atoms with Crippen LogP contribution < -0.4 is 21.7 Å². The standard InChI is InChI=1S/C15H28N2O4.C14H25N3O3.C2H6/c1-9(2)11(8-18)16-14(20)17-12(10(3)4)13(19)21-15(5,6)7;1-9(2)6-7-10(12(18)13(15)19)16-14(20)11-5-4-8-17(11)3;1-2/h8-12H,1-7H3,(H2,16,17,20);9-11H,4-8H2,1-3H3,(H2,15,19)(H,16,20);1-2H3. The van der Waals surface area contributed by atoms with Crippen LogP contribution in [0.5, 0.6) is 0 Å². The maximum absolute atomic E-state index is 12.2. The third-order valence-electron chi connectivity index (χ3n) is 6.51. The van der Waals surface area contributed by atoms with E-state index in [0.29, 0.717) is 18.6 Å². The van der Waals surface area contributed by atoms with Gasteiger partial charge >= 0.3 is 12.0 Å². The third kappa shape index (κ3) is 17.6. The first-order chi connectivity index (χ1) is 19.8. The average Bonchev–Trinajstić information content (AvgIpc) is 3.33. The fraction of sp³-hybridized carbons (Fsp3) is 0.806. The lowest BCUT2D eigenvalue weighted by atomic mass is 9.99. The van der Waals surface area contributed by atoms with Gasteiger partial charge in [-0.25, -0.2) is 9.59 Å². The second-order valence-corrected chi connectivity index (χ2v) is 12.7. The fourth-order valence-corrected chi connectivity index (χ4v) is 4.01. The van der Waals surface area contributed by atoms with Gasteiger partial charge in [0.2, 0.25) is 11.7 Å². The molecule has 0 saturated carbocycles. The molecule has 0 aromatic carbocycles. The summed E-state index contributed by atoms with van der Waals surface area (Å²) in [5, 5.41) is 7.81. The molecule has 0 spiro atoms. The highest BCUT2D eigenvalue weighted by Gasteiger charge is 2.32. The normalized spacial score (nSPS) is 17.0. The van der Waals surface area contributed by atoms with Crippen LogP contribution in [-0.4, -0.2) is 84.1 Å². The van der Waals surface area contributed by atoms with Crippen molar-refractivity contribution < 1.29 is 33.5 Å². The second kappa shape index (κ2) is 20.8. The smallest absolute Gasteiger partial charge is 0.329 e. The first kappa shape index (κ1) is 42.1. The van der Waals surface area contributed by atoms with Crippen molar-refractivity contribution in [2.24, 2.45) is 23.5 Å². The summed E-state index contributed by atoms with van der Waals surface area (Å²) in [6.45, 7) is 21.5. The number of carbonyl (C=O) groups excluding carboxylic acids is 6. The van der Waals surface area contributed by atoms with Gasteiger partial charge in [0.25, 0.3) is 5.91 Å². The first-order valence-electron chi connectivity index (χ1n) is 15.4. The monoisotopic (exact) mass is 613 g/mol. The van der Waals surface area contributed by atoms with Crippen LogP contribution in [0.25, 0.3) is 0 Å². The number of amides is 4.